The highest BCUT2D eigenvalue weighted by atomic mass is 35.5. The van der Waals surface area contributed by atoms with Crippen molar-refractivity contribution in [2.45, 2.75) is 43.9 Å². The molecule has 0 aromatic heterocycles. The van der Waals surface area contributed by atoms with Crippen LogP contribution in [0.3, 0.4) is 0 Å². The third-order valence-electron chi connectivity index (χ3n) is 4.84. The first kappa shape index (κ1) is 21.8. The van der Waals surface area contributed by atoms with Crippen molar-refractivity contribution < 1.29 is 17.9 Å². The summed E-state index contributed by atoms with van der Waals surface area (Å²) in [6.07, 6.45) is -0.321. The summed E-state index contributed by atoms with van der Waals surface area (Å²) < 4.78 is 32.9. The van der Waals surface area contributed by atoms with Crippen LogP contribution in [0.5, 0.6) is 0 Å². The number of rotatable bonds is 5. The average Bonchev–Trinajstić information content (AvgIpc) is 2.67. The van der Waals surface area contributed by atoms with Gasteiger partial charge in [0.25, 0.3) is 5.91 Å². The Kier molecular flexibility index (Phi) is 6.63. The second-order valence-electron chi connectivity index (χ2n) is 7.35. The van der Waals surface area contributed by atoms with Crippen LogP contribution in [0, 0.1) is 0 Å². The number of hydrogen-bond acceptors (Lipinski definition) is 4. The molecule has 3 unspecified atom stereocenters. The molecule has 0 aliphatic carbocycles. The Morgan fingerprint density at radius 3 is 2.34 bits per heavy atom. The molecule has 3 atom stereocenters. The molecule has 1 aliphatic heterocycles. The fourth-order valence-corrected chi connectivity index (χ4v) is 5.18. The van der Waals surface area contributed by atoms with E-state index in [1.54, 1.807) is 12.1 Å². The molecule has 1 aliphatic rings. The maximum atomic E-state index is 12.9. The summed E-state index contributed by atoms with van der Waals surface area (Å²) in [6, 6.07) is 13.0. The van der Waals surface area contributed by atoms with Gasteiger partial charge in [-0.05, 0) is 62.7 Å². The van der Waals surface area contributed by atoms with E-state index in [0.717, 1.165) is 5.56 Å². The minimum absolute atomic E-state index is 0.161. The zero-order chi connectivity index (χ0) is 21.2. The molecule has 156 valence electrons. The lowest BCUT2D eigenvalue weighted by molar-refractivity contribution is -0.0440. The number of sulfonamides is 1. The molecule has 1 N–H and O–H groups in total. The van der Waals surface area contributed by atoms with Crippen molar-refractivity contribution in [3.05, 3.63) is 64.7 Å². The highest BCUT2D eigenvalue weighted by Crippen LogP contribution is 2.22. The van der Waals surface area contributed by atoms with Gasteiger partial charge in [-0.1, -0.05) is 23.7 Å². The number of ether oxygens (including phenoxy) is 1. The van der Waals surface area contributed by atoms with Crippen LogP contribution < -0.4 is 5.32 Å². The van der Waals surface area contributed by atoms with E-state index in [-0.39, 0.29) is 29.1 Å². The zero-order valence-electron chi connectivity index (χ0n) is 16.6. The normalized spacial score (nSPS) is 21.5. The maximum Gasteiger partial charge on any atom is 0.251 e. The van der Waals surface area contributed by atoms with Crippen LogP contribution in [0.15, 0.2) is 53.4 Å². The third kappa shape index (κ3) is 5.17. The van der Waals surface area contributed by atoms with Crippen molar-refractivity contribution in [3.63, 3.8) is 0 Å². The van der Waals surface area contributed by atoms with Gasteiger partial charge in [0, 0.05) is 23.7 Å². The van der Waals surface area contributed by atoms with E-state index in [4.69, 9.17) is 16.3 Å². The Labute approximate surface area is 176 Å². The number of morpholine rings is 1. The Morgan fingerprint density at radius 2 is 1.76 bits per heavy atom. The lowest BCUT2D eigenvalue weighted by Crippen LogP contribution is -2.48. The number of amides is 1. The van der Waals surface area contributed by atoms with Crippen LogP contribution in [-0.4, -0.2) is 43.9 Å². The summed E-state index contributed by atoms with van der Waals surface area (Å²) in [6.45, 7) is 6.20. The summed E-state index contributed by atoms with van der Waals surface area (Å²) in [4.78, 5) is 12.7. The van der Waals surface area contributed by atoms with E-state index < -0.39 is 10.0 Å². The fourth-order valence-electron chi connectivity index (χ4n) is 3.39. The van der Waals surface area contributed by atoms with Crippen molar-refractivity contribution in [1.29, 1.82) is 0 Å². The molecular weight excluding hydrogens is 412 g/mol. The molecular formula is C21H25ClN2O4S. The van der Waals surface area contributed by atoms with Gasteiger partial charge < -0.3 is 10.1 Å². The summed E-state index contributed by atoms with van der Waals surface area (Å²) >= 11 is 6.00. The molecule has 2 aromatic carbocycles. The van der Waals surface area contributed by atoms with Gasteiger partial charge in [0.1, 0.15) is 0 Å². The molecule has 0 radical (unpaired) electrons. The van der Waals surface area contributed by atoms with E-state index in [1.807, 2.05) is 32.9 Å². The van der Waals surface area contributed by atoms with Gasteiger partial charge in [0.2, 0.25) is 10.0 Å². The second-order valence-corrected chi connectivity index (χ2v) is 9.73. The van der Waals surface area contributed by atoms with Gasteiger partial charge in [0.15, 0.2) is 0 Å². The van der Waals surface area contributed by atoms with Gasteiger partial charge >= 0.3 is 0 Å². The smallest absolute Gasteiger partial charge is 0.251 e. The summed E-state index contributed by atoms with van der Waals surface area (Å²) in [5, 5.41) is 3.50. The lowest BCUT2D eigenvalue weighted by atomic mass is 10.1. The average molecular weight is 437 g/mol. The Morgan fingerprint density at radius 1 is 1.14 bits per heavy atom. The van der Waals surface area contributed by atoms with E-state index >= 15 is 0 Å². The van der Waals surface area contributed by atoms with Gasteiger partial charge in [-0.3, -0.25) is 4.79 Å². The molecule has 2 aromatic rings. The van der Waals surface area contributed by atoms with Crippen LogP contribution in [0.2, 0.25) is 5.02 Å². The molecule has 0 spiro atoms. The van der Waals surface area contributed by atoms with Crippen LogP contribution >= 0.6 is 11.6 Å². The molecule has 1 amide bonds. The number of carbonyl (C=O) groups is 1. The molecule has 8 heteroatoms. The number of carbonyl (C=O) groups excluding carboxylic acids is 1. The first-order valence-corrected chi connectivity index (χ1v) is 11.3. The number of hydrogen-bond donors (Lipinski definition) is 1. The third-order valence-corrected chi connectivity index (χ3v) is 6.92. The summed E-state index contributed by atoms with van der Waals surface area (Å²) in [5.74, 6) is -0.282. The van der Waals surface area contributed by atoms with Crippen LogP contribution in [0.1, 0.15) is 42.7 Å². The largest absolute Gasteiger partial charge is 0.373 e. The molecule has 1 fully saturated rings. The Balaban J connectivity index is 1.71. The number of halogens is 1. The minimum atomic E-state index is -3.63. The van der Waals surface area contributed by atoms with Gasteiger partial charge in [0.05, 0.1) is 23.1 Å². The highest BCUT2D eigenvalue weighted by Gasteiger charge is 2.32. The van der Waals surface area contributed by atoms with Crippen LogP contribution in [-0.2, 0) is 14.8 Å². The molecule has 1 heterocycles. The number of nitrogens with one attached hydrogen (secondary N) is 1. The molecule has 0 bridgehead atoms. The van der Waals surface area contributed by atoms with E-state index in [1.165, 1.54) is 28.6 Å². The quantitative estimate of drug-likeness (QED) is 0.776. The highest BCUT2D eigenvalue weighted by molar-refractivity contribution is 7.89. The monoisotopic (exact) mass is 436 g/mol. The topological polar surface area (TPSA) is 75.7 Å². The van der Waals surface area contributed by atoms with E-state index in [9.17, 15) is 13.2 Å². The van der Waals surface area contributed by atoms with Crippen LogP contribution in [0.25, 0.3) is 0 Å². The first-order valence-electron chi connectivity index (χ1n) is 9.49. The predicted octanol–water partition coefficient (Wildman–Crippen LogP) is 3.63. The van der Waals surface area contributed by atoms with Crippen molar-refractivity contribution in [2.24, 2.45) is 0 Å². The fraction of sp³-hybridized carbons (Fsp3) is 0.381. The molecule has 0 saturated carbocycles. The standard InChI is InChI=1S/C21H25ClN2O4S/c1-14-12-24(13-15(2)28-14)29(26,27)20-9-7-17(8-10-20)21(25)23-16(3)18-5-4-6-19(22)11-18/h4-11,14-16H,12-13H2,1-3H3,(H,23,25). The maximum absolute atomic E-state index is 12.9. The van der Waals surface area contributed by atoms with Crippen LogP contribution in [0.4, 0.5) is 0 Å². The Bertz CT molecular complexity index is 968. The van der Waals surface area contributed by atoms with E-state index in [2.05, 4.69) is 5.32 Å². The van der Waals surface area contributed by atoms with Crippen molar-refractivity contribution in [2.75, 3.05) is 13.1 Å². The van der Waals surface area contributed by atoms with Crippen molar-refractivity contribution >= 4 is 27.5 Å². The molecule has 1 saturated heterocycles. The van der Waals surface area contributed by atoms with Crippen molar-refractivity contribution in [1.82, 2.24) is 9.62 Å². The van der Waals surface area contributed by atoms with Gasteiger partial charge in [-0.25, -0.2) is 8.42 Å². The number of nitrogens with zero attached hydrogens (tertiary/aromatic N) is 1. The first-order chi connectivity index (χ1) is 13.7. The molecule has 3 rings (SSSR count). The minimum Gasteiger partial charge on any atom is -0.373 e. The Hall–Kier alpha value is -1.93. The molecule has 6 nitrogen and oxygen atoms in total. The SMILES string of the molecule is CC1CN(S(=O)(=O)c2ccc(C(=O)NC(C)c3cccc(Cl)c3)cc2)CC(C)O1. The van der Waals surface area contributed by atoms with Gasteiger partial charge in [-0.15, -0.1) is 0 Å². The lowest BCUT2D eigenvalue weighted by Gasteiger charge is -2.34. The zero-order valence-corrected chi connectivity index (χ0v) is 18.2. The summed E-state index contributed by atoms with van der Waals surface area (Å²) in [7, 11) is -3.63. The van der Waals surface area contributed by atoms with E-state index in [0.29, 0.717) is 23.7 Å². The number of benzene rings is 2. The predicted molar refractivity (Wildman–Crippen MR) is 113 cm³/mol. The molecule has 29 heavy (non-hydrogen) atoms. The van der Waals surface area contributed by atoms with Crippen molar-refractivity contribution in [3.8, 4) is 0 Å². The summed E-state index contributed by atoms with van der Waals surface area (Å²) in [5.41, 5.74) is 1.28. The second kappa shape index (κ2) is 8.83. The van der Waals surface area contributed by atoms with Gasteiger partial charge in [-0.2, -0.15) is 4.31 Å².